The number of amides is 3. The molecule has 0 spiro atoms. The number of hydrogen-bond donors (Lipinski definition) is 3. The van der Waals surface area contributed by atoms with Gasteiger partial charge in [0.15, 0.2) is 0 Å². The average Bonchev–Trinajstić information content (AvgIpc) is 2.62. The van der Waals surface area contributed by atoms with Gasteiger partial charge in [-0.3, -0.25) is 9.59 Å². The third-order valence-electron chi connectivity index (χ3n) is 1.56. The van der Waals surface area contributed by atoms with E-state index < -0.39 is 27.9 Å². The molecule has 0 aromatic carbocycles. The number of carboxylic acid groups (broad SMARTS) is 1. The second-order valence-electron chi connectivity index (χ2n) is 4.10. The molecule has 5 N–H and O–H groups in total. The first kappa shape index (κ1) is 48.2. The standard InChI is InChI=1S/C4H6NO.2C3H5NO.C3H8O3S.C3H4O2.3Na/c1-3-4(6)5-2;2*1-2-3(4)5;1-2-3-7(4,5)6;1-2-3(4)5;;;/h3H,1-2H2,(H,5,6);2*2H,1H2,(H2,4,5);2-3H2,1H3,(H,4,5,6);2H,1H2,(H,4,5);;;/q;;;;;;2*+1/p-2. The fourth-order valence-corrected chi connectivity index (χ4v) is 1.34. The van der Waals surface area contributed by atoms with Crippen LogP contribution in [0, 0.1) is 0 Å². The number of rotatable bonds is 7. The molecule has 11 nitrogen and oxygen atoms in total. The Morgan fingerprint density at radius 1 is 0.935 bits per heavy atom. The van der Waals surface area contributed by atoms with Gasteiger partial charge in [-0.1, -0.05) is 26.7 Å². The Morgan fingerprint density at radius 3 is 1.26 bits per heavy atom. The van der Waals surface area contributed by atoms with E-state index in [1.807, 2.05) is 0 Å². The van der Waals surface area contributed by atoms with E-state index in [-0.39, 0.29) is 70.8 Å². The molecule has 15 heteroatoms. The second-order valence-corrected chi connectivity index (χ2v) is 6.33. The SMILES string of the molecule is C=CC(=O)N[CH2][Na].C=CC(=O)[O-].C=CC(N)=O.C=CC(N)=O.CCCS(=O)(=O)[O-].[Na+].[Na+]. The largest absolute Gasteiger partial charge is 1.00 e. The summed E-state index contributed by atoms with van der Waals surface area (Å²) in [6.45, 7) is 14.0. The van der Waals surface area contributed by atoms with Gasteiger partial charge < -0.3 is 25.9 Å². The van der Waals surface area contributed by atoms with Crippen molar-refractivity contribution in [3.8, 4) is 0 Å². The van der Waals surface area contributed by atoms with Crippen molar-refractivity contribution in [1.82, 2.24) is 5.32 Å². The van der Waals surface area contributed by atoms with Crippen molar-refractivity contribution in [3.63, 3.8) is 0 Å². The van der Waals surface area contributed by atoms with Gasteiger partial charge in [-0.05, 0) is 24.6 Å². The monoisotopic (exact) mass is 489 g/mol. The Labute approximate surface area is 245 Å². The van der Waals surface area contributed by atoms with Crippen LogP contribution in [0.1, 0.15) is 13.3 Å². The predicted octanol–water partition coefficient (Wildman–Crippen LogP) is -8.40. The molecule has 0 saturated carbocycles. The number of hydrogen-bond acceptors (Lipinski definition) is 8. The quantitative estimate of drug-likeness (QED) is 0.177. The van der Waals surface area contributed by atoms with Crippen LogP contribution in [0.15, 0.2) is 50.6 Å². The number of nitrogens with two attached hydrogens (primary N) is 2. The summed E-state index contributed by atoms with van der Waals surface area (Å²) >= 11 is 1.01. The van der Waals surface area contributed by atoms with Crippen LogP contribution in [0.25, 0.3) is 0 Å². The molecule has 3 amide bonds. The Morgan fingerprint density at radius 2 is 1.23 bits per heavy atom. The summed E-state index contributed by atoms with van der Waals surface area (Å²) in [5.74, 6) is -2.51. The average molecular weight is 489 g/mol. The first-order valence-corrected chi connectivity index (χ1v) is 10.7. The molecular formula is C16H26N3Na3O8S. The predicted molar refractivity (Wildman–Crippen MR) is 108 cm³/mol. The number of aliphatic carboxylic acids is 1. The molecule has 0 saturated heterocycles. The van der Waals surface area contributed by atoms with E-state index in [1.165, 1.54) is 6.08 Å². The van der Waals surface area contributed by atoms with Crippen LogP contribution in [-0.4, -0.2) is 74.1 Å². The third kappa shape index (κ3) is 105. The van der Waals surface area contributed by atoms with Crippen LogP contribution in [0.4, 0.5) is 0 Å². The van der Waals surface area contributed by atoms with Gasteiger partial charge in [0.05, 0.1) is 16.1 Å². The van der Waals surface area contributed by atoms with Crippen molar-refractivity contribution < 1.29 is 96.4 Å². The van der Waals surface area contributed by atoms with Crippen LogP contribution in [0.3, 0.4) is 0 Å². The fraction of sp³-hybridized carbons (Fsp3) is 0.250. The minimum atomic E-state index is -3.92. The summed E-state index contributed by atoms with van der Waals surface area (Å²) < 4.78 is 29.8. The minimum absolute atomic E-state index is 0. The number of nitrogens with one attached hydrogen (secondary N) is 1. The van der Waals surface area contributed by atoms with Crippen LogP contribution in [0.2, 0.25) is 0 Å². The Balaban J connectivity index is -0.0000000462. The van der Waals surface area contributed by atoms with Crippen LogP contribution < -0.4 is 81.0 Å². The molecule has 0 aliphatic rings. The van der Waals surface area contributed by atoms with Crippen molar-refractivity contribution in [3.05, 3.63) is 50.6 Å². The maximum absolute atomic E-state index is 10.2. The number of carbonyl (C=O) groups is 4. The maximum Gasteiger partial charge on any atom is 1.00 e. The van der Waals surface area contributed by atoms with E-state index in [0.717, 1.165) is 50.0 Å². The molecule has 0 fully saturated rings. The Hall–Kier alpha value is -0.250. The van der Waals surface area contributed by atoms with E-state index >= 15 is 0 Å². The molecule has 0 atom stereocenters. The first-order valence-electron chi connectivity index (χ1n) is 7.69. The summed E-state index contributed by atoms with van der Waals surface area (Å²) in [6.07, 6.45) is 4.52. The van der Waals surface area contributed by atoms with E-state index in [9.17, 15) is 27.4 Å². The van der Waals surface area contributed by atoms with Gasteiger partial charge >= 0.3 is 120 Å². The Bertz CT molecular complexity index is 599. The normalized spacial score (nSPS) is 7.48. The van der Waals surface area contributed by atoms with Crippen LogP contribution in [0.5, 0.6) is 0 Å². The van der Waals surface area contributed by atoms with Gasteiger partial charge in [-0.25, -0.2) is 8.42 Å². The molecule has 0 radical (unpaired) electrons. The molecule has 0 aliphatic carbocycles. The van der Waals surface area contributed by atoms with E-state index in [4.69, 9.17) is 9.90 Å². The van der Waals surface area contributed by atoms with E-state index in [0.29, 0.717) is 6.42 Å². The van der Waals surface area contributed by atoms with Crippen molar-refractivity contribution in [2.45, 2.75) is 13.3 Å². The van der Waals surface area contributed by atoms with Gasteiger partial charge in [0.25, 0.3) is 0 Å². The third-order valence-corrected chi connectivity index (χ3v) is 2.82. The molecule has 0 bridgehead atoms. The molecule has 162 valence electrons. The molecule has 0 unspecified atom stereocenters. The summed E-state index contributed by atoms with van der Waals surface area (Å²) in [5, 5.41) is 11.7. The molecule has 0 aromatic heterocycles. The second kappa shape index (κ2) is 37.1. The van der Waals surface area contributed by atoms with Crippen molar-refractivity contribution in [2.24, 2.45) is 11.5 Å². The summed E-state index contributed by atoms with van der Waals surface area (Å²) in [6, 6.07) is 0. The zero-order chi connectivity index (χ0) is 24.5. The van der Waals surface area contributed by atoms with Gasteiger partial charge in [0, 0.05) is 5.75 Å². The molecule has 0 aliphatic heterocycles. The van der Waals surface area contributed by atoms with Crippen LogP contribution in [-0.2, 0) is 29.3 Å². The van der Waals surface area contributed by atoms with Crippen molar-refractivity contribution in [2.75, 3.05) is 9.55 Å². The zero-order valence-corrected chi connectivity index (χ0v) is 25.4. The Kier molecular flexibility index (Phi) is 57.7. The van der Waals surface area contributed by atoms with Gasteiger partial charge in [-0.15, -0.1) is 0 Å². The molecule has 31 heavy (non-hydrogen) atoms. The van der Waals surface area contributed by atoms with Crippen molar-refractivity contribution in [1.29, 1.82) is 0 Å². The first-order chi connectivity index (χ1) is 13.2. The molecule has 0 rings (SSSR count). The number of carbonyl (C=O) groups excluding carboxylic acids is 4. The summed E-state index contributed by atoms with van der Waals surface area (Å²) in [5.41, 5.74) is 9.07. The minimum Gasteiger partial charge on any atom is -0.748 e. The molecule has 0 heterocycles. The topological polar surface area (TPSA) is 213 Å². The molecule has 0 aromatic rings. The van der Waals surface area contributed by atoms with Gasteiger partial charge in [-0.2, -0.15) is 0 Å². The maximum atomic E-state index is 10.2. The number of carboxylic acids is 1. The van der Waals surface area contributed by atoms with Crippen molar-refractivity contribution >= 4 is 61.7 Å². The summed E-state index contributed by atoms with van der Waals surface area (Å²) in [4.78, 5) is 38.3. The smallest absolute Gasteiger partial charge is 0.748 e. The fourth-order valence-electron chi connectivity index (χ4n) is 0.496. The van der Waals surface area contributed by atoms with Crippen LogP contribution >= 0.6 is 0 Å². The number of primary amides is 2. The summed E-state index contributed by atoms with van der Waals surface area (Å²) in [7, 11) is -3.92. The molecular weight excluding hydrogens is 463 g/mol. The van der Waals surface area contributed by atoms with E-state index in [1.54, 1.807) is 6.92 Å². The van der Waals surface area contributed by atoms with Gasteiger partial charge in [0.2, 0.25) is 11.8 Å². The van der Waals surface area contributed by atoms with Gasteiger partial charge in [0.1, 0.15) is 0 Å². The zero-order valence-electron chi connectivity index (χ0n) is 18.6. The van der Waals surface area contributed by atoms with E-state index in [2.05, 4.69) is 43.1 Å².